The van der Waals surface area contributed by atoms with E-state index in [9.17, 15) is 34.5 Å². The van der Waals surface area contributed by atoms with Crippen LogP contribution in [0.5, 0.6) is 0 Å². The zero-order valence-electron chi connectivity index (χ0n) is 14.6. The molecule has 1 aliphatic rings. The summed E-state index contributed by atoms with van der Waals surface area (Å²) in [6.45, 7) is 0.864. The molecule has 0 aromatic heterocycles. The molecule has 0 radical (unpaired) electrons. The van der Waals surface area contributed by atoms with Crippen molar-refractivity contribution in [3.8, 4) is 0 Å². The first-order valence-electron chi connectivity index (χ1n) is 8.23. The molecule has 1 aliphatic heterocycles. The van der Waals surface area contributed by atoms with Gasteiger partial charge in [-0.05, 0) is 6.42 Å². The maximum absolute atomic E-state index is 12.3. The first kappa shape index (κ1) is 22.9. The number of carboxylic acids is 1. The minimum Gasteiger partial charge on any atom is -0.481 e. The second kappa shape index (κ2) is 10.3. The number of carboxylic acid groups (broad SMARTS) is 1. The van der Waals surface area contributed by atoms with Crippen LogP contribution in [0.4, 0.5) is 4.79 Å². The standard InChI is InChI=1S/C15H23NO11/c1-2-3-8(18)16(15(25)27-10(21)5-4-9(19)20)11-13(23)12(22)7(6-17)26-14(11)24/h7,11-14,17,22-24H,2-6H2,1H3,(H,19,20)/t7-,11-,12-,13-,14?/m1/s1. The lowest BCUT2D eigenvalue weighted by Gasteiger charge is -2.43. The number of imide groups is 1. The fourth-order valence-electron chi connectivity index (χ4n) is 2.49. The molecule has 12 heteroatoms. The summed E-state index contributed by atoms with van der Waals surface area (Å²) in [5.41, 5.74) is 0. The topological polar surface area (TPSA) is 191 Å². The van der Waals surface area contributed by atoms with E-state index >= 15 is 0 Å². The summed E-state index contributed by atoms with van der Waals surface area (Å²) in [5, 5.41) is 47.8. The van der Waals surface area contributed by atoms with Gasteiger partial charge in [-0.1, -0.05) is 6.92 Å². The van der Waals surface area contributed by atoms with E-state index < -0.39 is 74.0 Å². The SMILES string of the molecule is CCCC(=O)N(C(=O)OC(=O)CCC(=O)O)[C@H]1C(O)O[C@H](CO)[C@@H](O)[C@@H]1O. The zero-order valence-corrected chi connectivity index (χ0v) is 14.6. The second-order valence-electron chi connectivity index (χ2n) is 5.87. The molecular formula is C15H23NO11. The van der Waals surface area contributed by atoms with Crippen molar-refractivity contribution in [2.45, 2.75) is 63.3 Å². The Labute approximate surface area is 153 Å². The van der Waals surface area contributed by atoms with Gasteiger partial charge in [0.1, 0.15) is 24.4 Å². The molecule has 1 rings (SSSR count). The van der Waals surface area contributed by atoms with E-state index in [1.165, 1.54) is 0 Å². The molecule has 12 nitrogen and oxygen atoms in total. The number of amides is 2. The van der Waals surface area contributed by atoms with Crippen molar-refractivity contribution < 1.29 is 54.2 Å². The Balaban J connectivity index is 3.02. The number of hydrogen-bond acceptors (Lipinski definition) is 10. The Bertz CT molecular complexity index is 566. The van der Waals surface area contributed by atoms with Crippen LogP contribution in [-0.2, 0) is 23.9 Å². The first-order chi connectivity index (χ1) is 12.6. The molecule has 5 atom stereocenters. The quantitative estimate of drug-likeness (QED) is 0.236. The van der Waals surface area contributed by atoms with Crippen molar-refractivity contribution in [1.29, 1.82) is 0 Å². The number of aliphatic hydroxyl groups excluding tert-OH is 4. The van der Waals surface area contributed by atoms with Crippen LogP contribution in [0.3, 0.4) is 0 Å². The third kappa shape index (κ3) is 5.94. The second-order valence-corrected chi connectivity index (χ2v) is 5.87. The average Bonchev–Trinajstić information content (AvgIpc) is 2.59. The molecule has 0 saturated carbocycles. The van der Waals surface area contributed by atoms with E-state index in [0.717, 1.165) is 0 Å². The summed E-state index contributed by atoms with van der Waals surface area (Å²) in [7, 11) is 0. The minimum absolute atomic E-state index is 0.214. The third-order valence-corrected chi connectivity index (χ3v) is 3.84. The summed E-state index contributed by atoms with van der Waals surface area (Å²) in [4.78, 5) is 46.8. The number of aliphatic carboxylic acids is 1. The number of rotatable bonds is 7. The minimum atomic E-state index is -1.97. The molecule has 1 fully saturated rings. The van der Waals surface area contributed by atoms with Gasteiger partial charge in [0.25, 0.3) is 0 Å². The van der Waals surface area contributed by atoms with Gasteiger partial charge >= 0.3 is 18.0 Å². The smallest absolute Gasteiger partial charge is 0.424 e. The molecule has 1 saturated heterocycles. The van der Waals surface area contributed by atoms with Crippen LogP contribution in [0.25, 0.3) is 0 Å². The summed E-state index contributed by atoms with van der Waals surface area (Å²) in [5.74, 6) is -3.45. The molecule has 0 bridgehead atoms. The monoisotopic (exact) mass is 393 g/mol. The van der Waals surface area contributed by atoms with Crippen molar-refractivity contribution in [3.63, 3.8) is 0 Å². The van der Waals surface area contributed by atoms with Crippen LogP contribution in [0, 0.1) is 0 Å². The molecular weight excluding hydrogens is 370 g/mol. The molecule has 1 heterocycles. The van der Waals surface area contributed by atoms with Gasteiger partial charge in [-0.25, -0.2) is 9.69 Å². The number of esters is 1. The fraction of sp³-hybridized carbons (Fsp3) is 0.733. The molecule has 154 valence electrons. The summed E-state index contributed by atoms with van der Waals surface area (Å²) in [6.07, 6.45) is -9.70. The molecule has 0 aliphatic carbocycles. The number of aliphatic hydroxyl groups is 4. The highest BCUT2D eigenvalue weighted by molar-refractivity contribution is 5.97. The lowest BCUT2D eigenvalue weighted by Crippen LogP contribution is -2.66. The molecule has 5 N–H and O–H groups in total. The van der Waals surface area contributed by atoms with Gasteiger partial charge in [-0.2, -0.15) is 0 Å². The molecule has 27 heavy (non-hydrogen) atoms. The number of nitrogens with zero attached hydrogens (tertiary/aromatic N) is 1. The highest BCUT2D eigenvalue weighted by Crippen LogP contribution is 2.25. The van der Waals surface area contributed by atoms with Gasteiger partial charge in [0, 0.05) is 6.42 Å². The molecule has 2 amide bonds. The highest BCUT2D eigenvalue weighted by Gasteiger charge is 2.50. The van der Waals surface area contributed by atoms with Crippen LogP contribution in [0.2, 0.25) is 0 Å². The van der Waals surface area contributed by atoms with Gasteiger partial charge in [0.15, 0.2) is 6.29 Å². The fourth-order valence-corrected chi connectivity index (χ4v) is 2.49. The summed E-state index contributed by atoms with van der Waals surface area (Å²) >= 11 is 0. The van der Waals surface area contributed by atoms with Crippen LogP contribution in [0.15, 0.2) is 0 Å². The Hall–Kier alpha value is -2.12. The Morgan fingerprint density at radius 3 is 2.19 bits per heavy atom. The van der Waals surface area contributed by atoms with E-state index in [4.69, 9.17) is 14.9 Å². The first-order valence-corrected chi connectivity index (χ1v) is 8.23. The Morgan fingerprint density at radius 1 is 1.04 bits per heavy atom. The van der Waals surface area contributed by atoms with Gasteiger partial charge in [0.05, 0.1) is 19.4 Å². The molecule has 0 aromatic rings. The van der Waals surface area contributed by atoms with Gasteiger partial charge in [-0.3, -0.25) is 14.4 Å². The van der Waals surface area contributed by atoms with Crippen molar-refractivity contribution in [1.82, 2.24) is 4.90 Å². The predicted octanol–water partition coefficient (Wildman–Crippen LogP) is -2.06. The van der Waals surface area contributed by atoms with Gasteiger partial charge < -0.3 is 35.0 Å². The average molecular weight is 393 g/mol. The highest BCUT2D eigenvalue weighted by atomic mass is 16.6. The van der Waals surface area contributed by atoms with E-state index in [-0.39, 0.29) is 17.7 Å². The molecule has 0 spiro atoms. The maximum Gasteiger partial charge on any atom is 0.424 e. The van der Waals surface area contributed by atoms with Crippen LogP contribution in [0.1, 0.15) is 32.6 Å². The normalized spacial score (nSPS) is 27.7. The summed E-state index contributed by atoms with van der Waals surface area (Å²) in [6, 6.07) is -1.80. The van der Waals surface area contributed by atoms with E-state index in [1.807, 2.05) is 0 Å². The van der Waals surface area contributed by atoms with Crippen molar-refractivity contribution in [2.75, 3.05) is 6.61 Å². The van der Waals surface area contributed by atoms with Crippen LogP contribution < -0.4 is 0 Å². The number of hydrogen-bond donors (Lipinski definition) is 5. The lowest BCUT2D eigenvalue weighted by atomic mass is 9.95. The Morgan fingerprint density at radius 2 is 1.67 bits per heavy atom. The molecule has 0 aromatic carbocycles. The number of carbonyl (C=O) groups is 4. The lowest BCUT2D eigenvalue weighted by molar-refractivity contribution is -0.267. The van der Waals surface area contributed by atoms with Crippen molar-refractivity contribution in [2.24, 2.45) is 0 Å². The predicted molar refractivity (Wildman–Crippen MR) is 83.9 cm³/mol. The van der Waals surface area contributed by atoms with Crippen molar-refractivity contribution >= 4 is 23.9 Å². The van der Waals surface area contributed by atoms with E-state index in [2.05, 4.69) is 4.74 Å². The van der Waals surface area contributed by atoms with Gasteiger partial charge in [0.2, 0.25) is 5.91 Å². The summed E-state index contributed by atoms with van der Waals surface area (Å²) < 4.78 is 9.33. The van der Waals surface area contributed by atoms with Crippen LogP contribution >= 0.6 is 0 Å². The zero-order chi connectivity index (χ0) is 20.7. The van der Waals surface area contributed by atoms with Crippen LogP contribution in [-0.4, -0.2) is 91.6 Å². The number of ether oxygens (including phenoxy) is 2. The largest absolute Gasteiger partial charge is 0.481 e. The maximum atomic E-state index is 12.3. The van der Waals surface area contributed by atoms with E-state index in [0.29, 0.717) is 0 Å². The molecule has 1 unspecified atom stereocenters. The Kier molecular flexibility index (Phi) is 8.72. The van der Waals surface area contributed by atoms with Gasteiger partial charge in [-0.15, -0.1) is 0 Å². The van der Waals surface area contributed by atoms with Crippen molar-refractivity contribution in [3.05, 3.63) is 0 Å². The number of carbonyl (C=O) groups excluding carboxylic acids is 3. The van der Waals surface area contributed by atoms with E-state index in [1.54, 1.807) is 6.92 Å². The third-order valence-electron chi connectivity index (χ3n) is 3.84.